The minimum Gasteiger partial charge on any atom is -0.388 e. The number of nitrogens with two attached hydrogens (primary N) is 1. The largest absolute Gasteiger partial charge is 0.388 e. The summed E-state index contributed by atoms with van der Waals surface area (Å²) in [5.74, 6) is -0.0159. The quantitative estimate of drug-likeness (QED) is 0.589. The lowest BCUT2D eigenvalue weighted by molar-refractivity contribution is -0.126. The smallest absolute Gasteiger partial charge is 0.220 e. The molecule has 0 aromatic heterocycles. The fourth-order valence-electron chi connectivity index (χ4n) is 2.23. The van der Waals surface area contributed by atoms with Crippen molar-refractivity contribution < 1.29 is 14.6 Å². The van der Waals surface area contributed by atoms with Crippen molar-refractivity contribution in [2.24, 2.45) is 11.1 Å². The van der Waals surface area contributed by atoms with Gasteiger partial charge >= 0.3 is 0 Å². The van der Waals surface area contributed by atoms with Gasteiger partial charge in [0.15, 0.2) is 0 Å². The standard InChI is InChI=1S/C13H26N2O3/c1-12(17,6-7-18-2)10-15-11(16)8-13(9-14)4-3-5-13/h17H,3-10,14H2,1-2H3,(H,15,16). The molecule has 0 aromatic carbocycles. The number of hydrogen-bond acceptors (Lipinski definition) is 4. The van der Waals surface area contributed by atoms with Crippen LogP contribution in [-0.4, -0.2) is 43.4 Å². The summed E-state index contributed by atoms with van der Waals surface area (Å²) in [6.45, 7) is 3.01. The number of hydrogen-bond donors (Lipinski definition) is 3. The highest BCUT2D eigenvalue weighted by molar-refractivity contribution is 5.76. The zero-order valence-electron chi connectivity index (χ0n) is 11.5. The number of ether oxygens (including phenoxy) is 1. The summed E-state index contributed by atoms with van der Waals surface area (Å²) >= 11 is 0. The molecular weight excluding hydrogens is 232 g/mol. The third-order valence-electron chi connectivity index (χ3n) is 3.89. The Morgan fingerprint density at radius 1 is 1.56 bits per heavy atom. The molecule has 4 N–H and O–H groups in total. The van der Waals surface area contributed by atoms with Crippen molar-refractivity contribution >= 4 is 5.91 Å². The molecule has 0 aromatic rings. The average Bonchev–Trinajstić information content (AvgIpc) is 2.29. The van der Waals surface area contributed by atoms with E-state index in [2.05, 4.69) is 5.32 Å². The molecule has 0 spiro atoms. The zero-order chi connectivity index (χ0) is 13.6. The summed E-state index contributed by atoms with van der Waals surface area (Å²) in [5, 5.41) is 12.8. The Morgan fingerprint density at radius 3 is 2.67 bits per heavy atom. The monoisotopic (exact) mass is 258 g/mol. The normalized spacial score (nSPS) is 20.9. The lowest BCUT2D eigenvalue weighted by Gasteiger charge is -2.40. The molecule has 0 saturated heterocycles. The minimum atomic E-state index is -0.916. The van der Waals surface area contributed by atoms with E-state index in [0.29, 0.717) is 26.0 Å². The Bertz CT molecular complexity index is 270. The molecule has 5 heteroatoms. The molecule has 1 amide bonds. The molecule has 1 unspecified atom stereocenters. The molecule has 0 bridgehead atoms. The maximum atomic E-state index is 11.8. The van der Waals surface area contributed by atoms with Gasteiger partial charge in [-0.25, -0.2) is 0 Å². The van der Waals surface area contributed by atoms with Gasteiger partial charge in [-0.2, -0.15) is 0 Å². The van der Waals surface area contributed by atoms with Crippen molar-refractivity contribution in [1.29, 1.82) is 0 Å². The Balaban J connectivity index is 2.28. The maximum absolute atomic E-state index is 11.8. The summed E-state index contributed by atoms with van der Waals surface area (Å²) in [6.07, 6.45) is 4.22. The molecule has 1 fully saturated rings. The molecule has 1 aliphatic carbocycles. The van der Waals surface area contributed by atoms with Crippen LogP contribution in [0.5, 0.6) is 0 Å². The van der Waals surface area contributed by atoms with Gasteiger partial charge in [0.25, 0.3) is 0 Å². The van der Waals surface area contributed by atoms with E-state index in [1.165, 1.54) is 0 Å². The van der Waals surface area contributed by atoms with Crippen LogP contribution >= 0.6 is 0 Å². The van der Waals surface area contributed by atoms with E-state index in [9.17, 15) is 9.90 Å². The number of methoxy groups -OCH3 is 1. The average molecular weight is 258 g/mol. The van der Waals surface area contributed by atoms with E-state index in [0.717, 1.165) is 19.3 Å². The second-order valence-corrected chi connectivity index (χ2v) is 5.75. The van der Waals surface area contributed by atoms with E-state index >= 15 is 0 Å². The van der Waals surface area contributed by atoms with E-state index in [1.54, 1.807) is 14.0 Å². The fourth-order valence-corrected chi connectivity index (χ4v) is 2.23. The first kappa shape index (κ1) is 15.4. The number of nitrogens with one attached hydrogen (secondary N) is 1. The van der Waals surface area contributed by atoms with Crippen molar-refractivity contribution in [3.05, 3.63) is 0 Å². The summed E-state index contributed by atoms with van der Waals surface area (Å²) in [7, 11) is 1.59. The molecule has 106 valence electrons. The van der Waals surface area contributed by atoms with Crippen LogP contribution in [0.15, 0.2) is 0 Å². The van der Waals surface area contributed by atoms with Gasteiger partial charge in [-0.1, -0.05) is 6.42 Å². The number of amides is 1. The highest BCUT2D eigenvalue weighted by atomic mass is 16.5. The van der Waals surface area contributed by atoms with Crippen LogP contribution in [-0.2, 0) is 9.53 Å². The third-order valence-corrected chi connectivity index (χ3v) is 3.89. The van der Waals surface area contributed by atoms with Gasteiger partial charge in [-0.15, -0.1) is 0 Å². The molecule has 1 rings (SSSR count). The van der Waals surface area contributed by atoms with Crippen LogP contribution in [0.3, 0.4) is 0 Å². The van der Waals surface area contributed by atoms with E-state index in [4.69, 9.17) is 10.5 Å². The first-order chi connectivity index (χ1) is 8.43. The Kier molecular flexibility index (Phi) is 5.56. The molecule has 5 nitrogen and oxygen atoms in total. The Morgan fingerprint density at radius 2 is 2.22 bits per heavy atom. The summed E-state index contributed by atoms with van der Waals surface area (Å²) in [4.78, 5) is 11.8. The van der Waals surface area contributed by atoms with Crippen LogP contribution in [0.1, 0.15) is 39.0 Å². The first-order valence-electron chi connectivity index (χ1n) is 6.61. The van der Waals surface area contributed by atoms with Crippen molar-refractivity contribution in [2.75, 3.05) is 26.8 Å². The van der Waals surface area contributed by atoms with Gasteiger partial charge in [0.05, 0.1) is 5.60 Å². The topological polar surface area (TPSA) is 84.6 Å². The van der Waals surface area contributed by atoms with E-state index in [-0.39, 0.29) is 17.9 Å². The van der Waals surface area contributed by atoms with Crippen LogP contribution in [0, 0.1) is 5.41 Å². The molecule has 1 aliphatic rings. The molecular formula is C13H26N2O3. The van der Waals surface area contributed by atoms with Crippen molar-refractivity contribution in [3.63, 3.8) is 0 Å². The van der Waals surface area contributed by atoms with Gasteiger partial charge < -0.3 is 20.9 Å². The number of carbonyl (C=O) groups is 1. The molecule has 0 heterocycles. The van der Waals surface area contributed by atoms with Gasteiger partial charge in [0.1, 0.15) is 0 Å². The number of aliphatic hydroxyl groups is 1. The lowest BCUT2D eigenvalue weighted by atomic mass is 9.66. The Hall–Kier alpha value is -0.650. The molecule has 1 atom stereocenters. The van der Waals surface area contributed by atoms with Crippen molar-refractivity contribution in [3.8, 4) is 0 Å². The minimum absolute atomic E-state index is 0.0159. The van der Waals surface area contributed by atoms with Crippen LogP contribution in [0.4, 0.5) is 0 Å². The fraction of sp³-hybridized carbons (Fsp3) is 0.923. The van der Waals surface area contributed by atoms with Crippen molar-refractivity contribution in [1.82, 2.24) is 5.32 Å². The molecule has 1 saturated carbocycles. The second kappa shape index (κ2) is 6.50. The van der Waals surface area contributed by atoms with Crippen LogP contribution in [0.25, 0.3) is 0 Å². The Labute approximate surface area is 109 Å². The highest BCUT2D eigenvalue weighted by Crippen LogP contribution is 2.42. The van der Waals surface area contributed by atoms with Crippen LogP contribution < -0.4 is 11.1 Å². The van der Waals surface area contributed by atoms with Gasteiger partial charge in [-0.3, -0.25) is 4.79 Å². The SMILES string of the molecule is COCCC(C)(O)CNC(=O)CC1(CN)CCC1. The summed E-state index contributed by atoms with van der Waals surface area (Å²) in [6, 6.07) is 0. The zero-order valence-corrected chi connectivity index (χ0v) is 11.5. The van der Waals surface area contributed by atoms with Crippen LogP contribution in [0.2, 0.25) is 0 Å². The third kappa shape index (κ3) is 4.55. The maximum Gasteiger partial charge on any atom is 0.220 e. The molecule has 0 radical (unpaired) electrons. The van der Waals surface area contributed by atoms with Gasteiger partial charge in [0, 0.05) is 33.1 Å². The lowest BCUT2D eigenvalue weighted by Crippen LogP contribution is -2.45. The molecule has 0 aliphatic heterocycles. The summed E-state index contributed by atoms with van der Waals surface area (Å²) in [5.41, 5.74) is 4.82. The van der Waals surface area contributed by atoms with Crippen molar-refractivity contribution in [2.45, 2.75) is 44.6 Å². The predicted octanol–water partition coefficient (Wildman–Crippen LogP) is 0.409. The molecule has 18 heavy (non-hydrogen) atoms. The highest BCUT2D eigenvalue weighted by Gasteiger charge is 2.37. The van der Waals surface area contributed by atoms with E-state index < -0.39 is 5.60 Å². The summed E-state index contributed by atoms with van der Waals surface area (Å²) < 4.78 is 4.92. The number of carbonyl (C=O) groups excluding carboxylic acids is 1. The van der Waals surface area contributed by atoms with E-state index in [1.807, 2.05) is 0 Å². The first-order valence-corrected chi connectivity index (χ1v) is 6.61. The second-order valence-electron chi connectivity index (χ2n) is 5.75. The van der Waals surface area contributed by atoms with Gasteiger partial charge in [0.2, 0.25) is 5.91 Å². The predicted molar refractivity (Wildman–Crippen MR) is 70.1 cm³/mol. The number of rotatable bonds is 8. The van der Waals surface area contributed by atoms with Gasteiger partial charge in [-0.05, 0) is 31.7 Å².